The van der Waals surface area contributed by atoms with E-state index in [1.54, 1.807) is 39.0 Å². The minimum absolute atomic E-state index is 0.171. The second-order valence-corrected chi connectivity index (χ2v) is 5.22. The van der Waals surface area contributed by atoms with Gasteiger partial charge in [-0.15, -0.1) is 0 Å². The van der Waals surface area contributed by atoms with E-state index in [0.717, 1.165) is 0 Å². The number of nitrogens with two attached hydrogens (primary N) is 1. The Morgan fingerprint density at radius 1 is 1.50 bits per heavy atom. The topological polar surface area (TPSA) is 75.8 Å². The standard InChI is InChI=1S/C13H18N2O3/c1-8-12(16)15(7-13(2,3)17)10-6-9(14)4-5-11(10)18-8/h4-6,8,17H,7,14H2,1-3H3. The van der Waals surface area contributed by atoms with Crippen molar-refractivity contribution in [1.29, 1.82) is 0 Å². The van der Waals surface area contributed by atoms with Crippen molar-refractivity contribution in [2.75, 3.05) is 17.2 Å². The molecule has 1 aliphatic heterocycles. The third-order valence-corrected chi connectivity index (χ3v) is 2.74. The number of hydrogen-bond acceptors (Lipinski definition) is 4. The molecule has 1 aromatic rings. The average molecular weight is 250 g/mol. The van der Waals surface area contributed by atoms with E-state index in [1.807, 2.05) is 0 Å². The first-order chi connectivity index (χ1) is 8.28. The van der Waals surface area contributed by atoms with Gasteiger partial charge in [-0.05, 0) is 39.0 Å². The van der Waals surface area contributed by atoms with Crippen molar-refractivity contribution in [3.63, 3.8) is 0 Å². The Morgan fingerprint density at radius 2 is 2.17 bits per heavy atom. The summed E-state index contributed by atoms with van der Waals surface area (Å²) < 4.78 is 5.52. The number of aliphatic hydroxyl groups is 1. The molecule has 5 nitrogen and oxygen atoms in total. The molecule has 0 aromatic heterocycles. The van der Waals surface area contributed by atoms with Crippen molar-refractivity contribution in [1.82, 2.24) is 0 Å². The molecular weight excluding hydrogens is 232 g/mol. The lowest BCUT2D eigenvalue weighted by atomic mass is 10.1. The van der Waals surface area contributed by atoms with Crippen LogP contribution < -0.4 is 15.4 Å². The van der Waals surface area contributed by atoms with Crippen LogP contribution in [0.5, 0.6) is 5.75 Å². The van der Waals surface area contributed by atoms with Gasteiger partial charge < -0.3 is 20.5 Å². The zero-order valence-electron chi connectivity index (χ0n) is 10.8. The van der Waals surface area contributed by atoms with Gasteiger partial charge in [-0.1, -0.05) is 0 Å². The molecule has 1 aromatic carbocycles. The highest BCUT2D eigenvalue weighted by atomic mass is 16.5. The summed E-state index contributed by atoms with van der Waals surface area (Å²) in [6.45, 7) is 5.22. The van der Waals surface area contributed by atoms with E-state index in [-0.39, 0.29) is 12.5 Å². The summed E-state index contributed by atoms with van der Waals surface area (Å²) in [5.74, 6) is 0.441. The van der Waals surface area contributed by atoms with Gasteiger partial charge in [0.15, 0.2) is 6.10 Å². The Bertz CT molecular complexity index is 480. The number of nitrogens with zero attached hydrogens (tertiary/aromatic N) is 1. The molecular formula is C13H18N2O3. The lowest BCUT2D eigenvalue weighted by Crippen LogP contribution is -2.50. The molecule has 0 fully saturated rings. The lowest BCUT2D eigenvalue weighted by molar-refractivity contribution is -0.126. The van der Waals surface area contributed by atoms with Crippen LogP contribution in [-0.4, -0.2) is 29.3 Å². The molecule has 1 heterocycles. The van der Waals surface area contributed by atoms with Crippen LogP contribution in [0.25, 0.3) is 0 Å². The van der Waals surface area contributed by atoms with Crippen LogP contribution in [0.15, 0.2) is 18.2 Å². The van der Waals surface area contributed by atoms with Crippen LogP contribution in [0, 0.1) is 0 Å². The van der Waals surface area contributed by atoms with E-state index in [4.69, 9.17) is 10.5 Å². The maximum Gasteiger partial charge on any atom is 0.267 e. The molecule has 3 N–H and O–H groups in total. The van der Waals surface area contributed by atoms with Crippen LogP contribution >= 0.6 is 0 Å². The Labute approximate surface area is 106 Å². The second-order valence-electron chi connectivity index (χ2n) is 5.22. The second kappa shape index (κ2) is 4.17. The van der Waals surface area contributed by atoms with Gasteiger partial charge in [0.2, 0.25) is 0 Å². The van der Waals surface area contributed by atoms with E-state index < -0.39 is 11.7 Å². The number of benzene rings is 1. The number of β-amino-alcohol motifs (C(OH)–C–C–N with tert-alkyl or cyclic N) is 1. The summed E-state index contributed by atoms with van der Waals surface area (Å²) in [6, 6.07) is 5.15. The van der Waals surface area contributed by atoms with Crippen molar-refractivity contribution in [3.05, 3.63) is 18.2 Å². The molecule has 98 valence electrons. The van der Waals surface area contributed by atoms with Gasteiger partial charge in [0.1, 0.15) is 5.75 Å². The third-order valence-electron chi connectivity index (χ3n) is 2.74. The first-order valence-corrected chi connectivity index (χ1v) is 5.88. The Kier molecular flexibility index (Phi) is 2.94. The van der Waals surface area contributed by atoms with Crippen LogP contribution in [0.1, 0.15) is 20.8 Å². The molecule has 1 aliphatic rings. The third kappa shape index (κ3) is 2.41. The van der Waals surface area contributed by atoms with Crippen molar-refractivity contribution < 1.29 is 14.6 Å². The zero-order valence-corrected chi connectivity index (χ0v) is 10.8. The minimum Gasteiger partial charge on any atom is -0.479 e. The number of fused-ring (bicyclic) bond motifs is 1. The normalized spacial score (nSPS) is 19.4. The fraction of sp³-hybridized carbons (Fsp3) is 0.462. The van der Waals surface area contributed by atoms with E-state index >= 15 is 0 Å². The molecule has 1 unspecified atom stereocenters. The molecule has 0 aliphatic carbocycles. The maximum absolute atomic E-state index is 12.1. The monoisotopic (exact) mass is 250 g/mol. The van der Waals surface area contributed by atoms with E-state index in [9.17, 15) is 9.90 Å². The van der Waals surface area contributed by atoms with E-state index in [1.165, 1.54) is 4.90 Å². The summed E-state index contributed by atoms with van der Waals surface area (Å²) >= 11 is 0. The van der Waals surface area contributed by atoms with Crippen LogP contribution in [0.2, 0.25) is 0 Å². The van der Waals surface area contributed by atoms with Crippen molar-refractivity contribution in [2.45, 2.75) is 32.5 Å². The molecule has 0 saturated heterocycles. The van der Waals surface area contributed by atoms with Gasteiger partial charge in [0.05, 0.1) is 17.8 Å². The lowest BCUT2D eigenvalue weighted by Gasteiger charge is -2.36. The van der Waals surface area contributed by atoms with Gasteiger partial charge >= 0.3 is 0 Å². The number of carbonyl (C=O) groups excluding carboxylic acids is 1. The molecule has 0 bridgehead atoms. The summed E-state index contributed by atoms with van der Waals surface area (Å²) in [5, 5.41) is 9.90. The molecule has 18 heavy (non-hydrogen) atoms. The van der Waals surface area contributed by atoms with E-state index in [2.05, 4.69) is 0 Å². The Hall–Kier alpha value is -1.75. The van der Waals surface area contributed by atoms with Crippen molar-refractivity contribution in [2.24, 2.45) is 0 Å². The first-order valence-electron chi connectivity index (χ1n) is 5.88. The van der Waals surface area contributed by atoms with Gasteiger partial charge in [-0.3, -0.25) is 4.79 Å². The molecule has 0 saturated carbocycles. The van der Waals surface area contributed by atoms with Gasteiger partial charge in [-0.25, -0.2) is 0 Å². The molecule has 1 atom stereocenters. The highest BCUT2D eigenvalue weighted by molar-refractivity contribution is 6.00. The number of anilines is 2. The molecule has 0 radical (unpaired) electrons. The van der Waals surface area contributed by atoms with Gasteiger partial charge in [0, 0.05) is 5.69 Å². The van der Waals surface area contributed by atoms with Crippen molar-refractivity contribution >= 4 is 17.3 Å². The van der Waals surface area contributed by atoms with Gasteiger partial charge in [-0.2, -0.15) is 0 Å². The Morgan fingerprint density at radius 3 is 2.78 bits per heavy atom. The van der Waals surface area contributed by atoms with Crippen LogP contribution in [0.4, 0.5) is 11.4 Å². The zero-order chi connectivity index (χ0) is 13.5. The van der Waals surface area contributed by atoms with Gasteiger partial charge in [0.25, 0.3) is 5.91 Å². The number of rotatable bonds is 2. The fourth-order valence-corrected chi connectivity index (χ4v) is 1.97. The number of ether oxygens (including phenoxy) is 1. The number of amides is 1. The fourth-order valence-electron chi connectivity index (χ4n) is 1.97. The molecule has 5 heteroatoms. The van der Waals surface area contributed by atoms with Crippen LogP contribution in [-0.2, 0) is 4.79 Å². The number of carbonyl (C=O) groups is 1. The molecule has 1 amide bonds. The van der Waals surface area contributed by atoms with Crippen molar-refractivity contribution in [3.8, 4) is 5.75 Å². The number of hydrogen-bond donors (Lipinski definition) is 2. The predicted molar refractivity (Wildman–Crippen MR) is 69.6 cm³/mol. The summed E-state index contributed by atoms with van der Waals surface area (Å²) in [5.41, 5.74) is 5.92. The quantitative estimate of drug-likeness (QED) is 0.772. The summed E-state index contributed by atoms with van der Waals surface area (Å²) in [7, 11) is 0. The molecule has 0 spiro atoms. The maximum atomic E-state index is 12.1. The average Bonchev–Trinajstić information content (AvgIpc) is 2.24. The first kappa shape index (κ1) is 12.7. The SMILES string of the molecule is CC1Oc2ccc(N)cc2N(CC(C)(C)O)C1=O. The minimum atomic E-state index is -0.978. The Balaban J connectivity index is 2.44. The highest BCUT2D eigenvalue weighted by Gasteiger charge is 2.34. The molecule has 2 rings (SSSR count). The van der Waals surface area contributed by atoms with Crippen LogP contribution in [0.3, 0.4) is 0 Å². The predicted octanol–water partition coefficient (Wildman–Crippen LogP) is 1.15. The highest BCUT2D eigenvalue weighted by Crippen LogP contribution is 2.36. The smallest absolute Gasteiger partial charge is 0.267 e. The summed E-state index contributed by atoms with van der Waals surface area (Å²) in [6.07, 6.45) is -0.552. The summed E-state index contributed by atoms with van der Waals surface area (Å²) in [4.78, 5) is 13.7. The largest absolute Gasteiger partial charge is 0.479 e. The van der Waals surface area contributed by atoms with E-state index in [0.29, 0.717) is 17.1 Å². The number of nitrogen functional groups attached to an aromatic ring is 1.